The Kier molecular flexibility index (Phi) is 5.31. The molecular formula is C15H21N5O. The van der Waals surface area contributed by atoms with E-state index in [4.69, 9.17) is 4.74 Å². The zero-order valence-corrected chi connectivity index (χ0v) is 12.7. The molecule has 0 amide bonds. The molecule has 0 saturated heterocycles. The first-order chi connectivity index (χ1) is 10.2. The van der Waals surface area contributed by atoms with E-state index in [0.29, 0.717) is 24.5 Å². The summed E-state index contributed by atoms with van der Waals surface area (Å²) in [4.78, 5) is 12.7. The standard InChI is InChI=1S/C15H21N5O/c1-4-9-21-15-19-13(16-3)18-14(20-15)17-12-8-6-7-11(5-2)10-12/h6-8,10H,4-5,9H2,1-3H3,(H2,16,17,18,19,20). The molecule has 0 unspecified atom stereocenters. The Morgan fingerprint density at radius 3 is 2.62 bits per heavy atom. The van der Waals surface area contributed by atoms with Crippen LogP contribution in [-0.2, 0) is 6.42 Å². The van der Waals surface area contributed by atoms with E-state index < -0.39 is 0 Å². The van der Waals surface area contributed by atoms with Gasteiger partial charge in [0.05, 0.1) is 6.61 Å². The number of nitrogens with zero attached hydrogens (tertiary/aromatic N) is 3. The zero-order chi connectivity index (χ0) is 15.1. The molecule has 0 radical (unpaired) electrons. The Balaban J connectivity index is 2.21. The van der Waals surface area contributed by atoms with Gasteiger partial charge in [-0.3, -0.25) is 0 Å². The van der Waals surface area contributed by atoms with Crippen molar-refractivity contribution in [3.05, 3.63) is 29.8 Å². The van der Waals surface area contributed by atoms with E-state index in [0.717, 1.165) is 18.5 Å². The average Bonchev–Trinajstić information content (AvgIpc) is 2.52. The van der Waals surface area contributed by atoms with Crippen LogP contribution in [0, 0.1) is 0 Å². The van der Waals surface area contributed by atoms with Gasteiger partial charge in [-0.25, -0.2) is 0 Å². The molecule has 0 aliphatic heterocycles. The van der Waals surface area contributed by atoms with Crippen molar-refractivity contribution in [2.75, 3.05) is 24.3 Å². The Hall–Kier alpha value is -2.37. The van der Waals surface area contributed by atoms with Crippen LogP contribution in [0.4, 0.5) is 17.6 Å². The minimum atomic E-state index is 0.324. The number of hydrogen-bond donors (Lipinski definition) is 2. The fraction of sp³-hybridized carbons (Fsp3) is 0.400. The number of aromatic nitrogens is 3. The maximum Gasteiger partial charge on any atom is 0.323 e. The van der Waals surface area contributed by atoms with Gasteiger partial charge in [0.1, 0.15) is 0 Å². The molecule has 0 aliphatic rings. The van der Waals surface area contributed by atoms with Gasteiger partial charge in [-0.15, -0.1) is 0 Å². The summed E-state index contributed by atoms with van der Waals surface area (Å²) in [6.07, 6.45) is 1.89. The van der Waals surface area contributed by atoms with Crippen molar-refractivity contribution in [2.45, 2.75) is 26.7 Å². The van der Waals surface area contributed by atoms with Crippen LogP contribution in [0.3, 0.4) is 0 Å². The average molecular weight is 287 g/mol. The van der Waals surface area contributed by atoms with Gasteiger partial charge in [0.25, 0.3) is 0 Å². The minimum Gasteiger partial charge on any atom is -0.463 e. The zero-order valence-electron chi connectivity index (χ0n) is 12.7. The predicted octanol–water partition coefficient (Wildman–Crippen LogP) is 3.01. The summed E-state index contributed by atoms with van der Waals surface area (Å²) in [6.45, 7) is 4.74. The number of aryl methyl sites for hydroxylation is 1. The van der Waals surface area contributed by atoms with Gasteiger partial charge in [-0.1, -0.05) is 26.0 Å². The molecule has 0 bridgehead atoms. The van der Waals surface area contributed by atoms with Gasteiger partial charge >= 0.3 is 6.01 Å². The van der Waals surface area contributed by atoms with Gasteiger partial charge in [0, 0.05) is 12.7 Å². The lowest BCUT2D eigenvalue weighted by Crippen LogP contribution is -2.07. The van der Waals surface area contributed by atoms with Crippen molar-refractivity contribution < 1.29 is 4.74 Å². The molecule has 1 aromatic carbocycles. The molecule has 2 rings (SSSR count). The molecule has 0 saturated carbocycles. The van der Waals surface area contributed by atoms with Crippen molar-refractivity contribution in [1.82, 2.24) is 15.0 Å². The normalized spacial score (nSPS) is 10.2. The Morgan fingerprint density at radius 1 is 1.10 bits per heavy atom. The van der Waals surface area contributed by atoms with Crippen LogP contribution < -0.4 is 15.4 Å². The number of anilines is 3. The molecule has 2 aromatic rings. The second-order valence-corrected chi connectivity index (χ2v) is 4.54. The minimum absolute atomic E-state index is 0.324. The van der Waals surface area contributed by atoms with E-state index in [-0.39, 0.29) is 0 Å². The molecule has 1 heterocycles. The third-order valence-electron chi connectivity index (χ3n) is 2.87. The lowest BCUT2D eigenvalue weighted by Gasteiger charge is -2.09. The molecule has 0 aliphatic carbocycles. The molecule has 21 heavy (non-hydrogen) atoms. The van der Waals surface area contributed by atoms with Crippen LogP contribution in [0.2, 0.25) is 0 Å². The molecule has 6 nitrogen and oxygen atoms in total. The maximum atomic E-state index is 5.48. The van der Waals surface area contributed by atoms with Crippen molar-refractivity contribution in [3.63, 3.8) is 0 Å². The van der Waals surface area contributed by atoms with Gasteiger partial charge in [0.15, 0.2) is 0 Å². The second-order valence-electron chi connectivity index (χ2n) is 4.54. The van der Waals surface area contributed by atoms with Crippen molar-refractivity contribution in [3.8, 4) is 6.01 Å². The van der Waals surface area contributed by atoms with E-state index >= 15 is 0 Å². The second kappa shape index (κ2) is 7.42. The predicted molar refractivity (Wildman–Crippen MR) is 84.3 cm³/mol. The third kappa shape index (κ3) is 4.30. The molecular weight excluding hydrogens is 266 g/mol. The summed E-state index contributed by atoms with van der Waals surface area (Å²) in [7, 11) is 1.76. The van der Waals surface area contributed by atoms with Crippen LogP contribution in [0.25, 0.3) is 0 Å². The number of benzene rings is 1. The van der Waals surface area contributed by atoms with Crippen LogP contribution in [-0.4, -0.2) is 28.6 Å². The first-order valence-corrected chi connectivity index (χ1v) is 7.17. The van der Waals surface area contributed by atoms with E-state index in [1.807, 2.05) is 19.1 Å². The first-order valence-electron chi connectivity index (χ1n) is 7.17. The topological polar surface area (TPSA) is 72.0 Å². The highest BCUT2D eigenvalue weighted by Crippen LogP contribution is 2.18. The highest BCUT2D eigenvalue weighted by atomic mass is 16.5. The molecule has 0 atom stereocenters. The lowest BCUT2D eigenvalue weighted by molar-refractivity contribution is 0.292. The quantitative estimate of drug-likeness (QED) is 0.815. The summed E-state index contributed by atoms with van der Waals surface area (Å²) in [6, 6.07) is 8.48. The first kappa shape index (κ1) is 15.0. The third-order valence-corrected chi connectivity index (χ3v) is 2.87. The summed E-state index contributed by atoms with van der Waals surface area (Å²) in [5.41, 5.74) is 2.20. The highest BCUT2D eigenvalue weighted by molar-refractivity contribution is 5.55. The Bertz CT molecular complexity index is 588. The Morgan fingerprint density at radius 2 is 1.90 bits per heavy atom. The van der Waals surface area contributed by atoms with E-state index in [1.165, 1.54) is 5.56 Å². The van der Waals surface area contributed by atoms with Crippen molar-refractivity contribution in [2.24, 2.45) is 0 Å². The number of rotatable bonds is 7. The molecule has 6 heteroatoms. The molecule has 1 aromatic heterocycles. The van der Waals surface area contributed by atoms with Gasteiger partial charge in [-0.2, -0.15) is 15.0 Å². The van der Waals surface area contributed by atoms with Crippen molar-refractivity contribution >= 4 is 17.6 Å². The van der Waals surface area contributed by atoms with Crippen LogP contribution in [0.15, 0.2) is 24.3 Å². The summed E-state index contributed by atoms with van der Waals surface area (Å²) < 4.78 is 5.48. The van der Waals surface area contributed by atoms with Crippen molar-refractivity contribution in [1.29, 1.82) is 0 Å². The fourth-order valence-electron chi connectivity index (χ4n) is 1.78. The number of ether oxygens (including phenoxy) is 1. The summed E-state index contributed by atoms with van der Waals surface area (Å²) in [5.74, 6) is 0.943. The summed E-state index contributed by atoms with van der Waals surface area (Å²) in [5, 5.41) is 6.10. The van der Waals surface area contributed by atoms with E-state index in [9.17, 15) is 0 Å². The smallest absolute Gasteiger partial charge is 0.323 e. The number of hydrogen-bond acceptors (Lipinski definition) is 6. The highest BCUT2D eigenvalue weighted by Gasteiger charge is 2.07. The lowest BCUT2D eigenvalue weighted by atomic mass is 10.1. The SMILES string of the molecule is CCCOc1nc(NC)nc(Nc2cccc(CC)c2)n1. The molecule has 0 spiro atoms. The van der Waals surface area contributed by atoms with Gasteiger partial charge < -0.3 is 15.4 Å². The van der Waals surface area contributed by atoms with Crippen LogP contribution in [0.1, 0.15) is 25.8 Å². The van der Waals surface area contributed by atoms with E-state index in [2.05, 4.69) is 44.6 Å². The summed E-state index contributed by atoms with van der Waals surface area (Å²) >= 11 is 0. The van der Waals surface area contributed by atoms with Crippen LogP contribution >= 0.6 is 0 Å². The van der Waals surface area contributed by atoms with E-state index in [1.54, 1.807) is 7.05 Å². The van der Waals surface area contributed by atoms with Gasteiger partial charge in [0.2, 0.25) is 11.9 Å². The Labute approximate surface area is 125 Å². The maximum absolute atomic E-state index is 5.48. The molecule has 2 N–H and O–H groups in total. The monoisotopic (exact) mass is 287 g/mol. The fourth-order valence-corrected chi connectivity index (χ4v) is 1.78. The van der Waals surface area contributed by atoms with Crippen LogP contribution in [0.5, 0.6) is 6.01 Å². The van der Waals surface area contributed by atoms with Gasteiger partial charge in [-0.05, 0) is 30.5 Å². The largest absolute Gasteiger partial charge is 0.463 e. The number of nitrogens with one attached hydrogen (secondary N) is 2. The molecule has 0 fully saturated rings. The molecule has 112 valence electrons.